The molecule has 5 N–H and O–H groups in total. The Balaban J connectivity index is 1.38. The molecule has 0 radical (unpaired) electrons. The number of alkyl carbamates (subject to hydrolysis) is 1. The van der Waals surface area contributed by atoms with E-state index >= 15 is 0 Å². The number of amides is 4. The molecule has 2 aliphatic carbocycles. The van der Waals surface area contributed by atoms with Crippen molar-refractivity contribution in [2.45, 2.75) is 114 Å². The van der Waals surface area contributed by atoms with Gasteiger partial charge in [0.15, 0.2) is 6.10 Å². The molecular weight excluding hydrogens is 651 g/mol. The van der Waals surface area contributed by atoms with Crippen LogP contribution in [0.1, 0.15) is 95.3 Å². The van der Waals surface area contributed by atoms with Crippen molar-refractivity contribution in [2.24, 2.45) is 11.8 Å². The number of aliphatic hydroxyl groups is 1. The second-order valence-corrected chi connectivity index (χ2v) is 14.8. The van der Waals surface area contributed by atoms with Crippen LogP contribution in [0.3, 0.4) is 0 Å². The minimum atomic E-state index is -1.59. The van der Waals surface area contributed by atoms with Crippen LogP contribution in [0.25, 0.3) is 0 Å². The van der Waals surface area contributed by atoms with Gasteiger partial charge in [0.25, 0.3) is 5.91 Å². The largest absolute Gasteiger partial charge is 0.440 e. The molecule has 10 nitrogen and oxygen atoms in total. The summed E-state index contributed by atoms with van der Waals surface area (Å²) in [4.78, 5) is 53.2. The van der Waals surface area contributed by atoms with E-state index in [0.717, 1.165) is 50.5 Å². The van der Waals surface area contributed by atoms with Crippen molar-refractivity contribution in [1.29, 1.82) is 0 Å². The average molecular weight is 699 g/mol. The SMILES string of the molecule is CC(C)(c1cccc(Cl)c1)[C@@H](OC(=O)N[C@@H](CC1CCCCC1)C(=O)N[C@@H](C[C@@H]1CCNC1=O)C(O)C(=O)NC1CC1)c1cccc(F)c1. The fourth-order valence-corrected chi connectivity index (χ4v) is 7.23. The zero-order chi connectivity index (χ0) is 35.1. The summed E-state index contributed by atoms with van der Waals surface area (Å²) in [7, 11) is 0. The van der Waals surface area contributed by atoms with Gasteiger partial charge in [0.05, 0.1) is 6.04 Å². The molecule has 1 saturated heterocycles. The molecule has 49 heavy (non-hydrogen) atoms. The maximum Gasteiger partial charge on any atom is 0.408 e. The Kier molecular flexibility index (Phi) is 12.2. The number of aliphatic hydroxyl groups excluding tert-OH is 1. The van der Waals surface area contributed by atoms with Crippen molar-refractivity contribution in [3.05, 3.63) is 70.5 Å². The average Bonchev–Trinajstić information content (AvgIpc) is 3.80. The van der Waals surface area contributed by atoms with Gasteiger partial charge in [0.1, 0.15) is 18.0 Å². The molecule has 5 atom stereocenters. The fraction of sp³-hybridized carbons (Fsp3) is 0.568. The van der Waals surface area contributed by atoms with Gasteiger partial charge >= 0.3 is 6.09 Å². The Morgan fingerprint density at radius 3 is 2.37 bits per heavy atom. The Hall–Kier alpha value is -3.70. The molecule has 2 aromatic rings. The van der Waals surface area contributed by atoms with Crippen molar-refractivity contribution in [3.8, 4) is 0 Å². The molecular formula is C37H48ClFN4O6. The van der Waals surface area contributed by atoms with Crippen LogP contribution in [0.4, 0.5) is 9.18 Å². The molecule has 12 heteroatoms. The predicted octanol–water partition coefficient (Wildman–Crippen LogP) is 5.21. The van der Waals surface area contributed by atoms with Crippen LogP contribution in [0, 0.1) is 17.7 Å². The number of halogens is 2. The van der Waals surface area contributed by atoms with Crippen LogP contribution in [0.15, 0.2) is 48.5 Å². The summed E-state index contributed by atoms with van der Waals surface area (Å²) in [5.41, 5.74) is 0.312. The number of ether oxygens (including phenoxy) is 1. The molecule has 0 aromatic heterocycles. The summed E-state index contributed by atoms with van der Waals surface area (Å²) in [6.07, 6.45) is 4.03. The number of benzene rings is 2. The van der Waals surface area contributed by atoms with Gasteiger partial charge in [-0.25, -0.2) is 9.18 Å². The zero-order valence-electron chi connectivity index (χ0n) is 28.2. The molecule has 3 fully saturated rings. The van der Waals surface area contributed by atoms with Gasteiger partial charge in [0.2, 0.25) is 11.8 Å². The Bertz CT molecular complexity index is 1500. The van der Waals surface area contributed by atoms with Crippen LogP contribution in [0.5, 0.6) is 0 Å². The van der Waals surface area contributed by atoms with E-state index in [4.69, 9.17) is 16.3 Å². The van der Waals surface area contributed by atoms with E-state index in [2.05, 4.69) is 21.3 Å². The Morgan fingerprint density at radius 2 is 1.71 bits per heavy atom. The third kappa shape index (κ3) is 9.94. The highest BCUT2D eigenvalue weighted by Crippen LogP contribution is 2.41. The molecule has 5 rings (SSSR count). The summed E-state index contributed by atoms with van der Waals surface area (Å²) in [5.74, 6) is -2.20. The van der Waals surface area contributed by atoms with Crippen molar-refractivity contribution >= 4 is 35.4 Å². The summed E-state index contributed by atoms with van der Waals surface area (Å²) in [6.45, 7) is 4.21. The molecule has 1 heterocycles. The smallest absolute Gasteiger partial charge is 0.408 e. The number of nitrogens with one attached hydrogen (secondary N) is 4. The minimum absolute atomic E-state index is 0.00837. The van der Waals surface area contributed by atoms with Gasteiger partial charge < -0.3 is 31.1 Å². The van der Waals surface area contributed by atoms with Gasteiger partial charge in [-0.15, -0.1) is 0 Å². The van der Waals surface area contributed by atoms with Gasteiger partial charge in [0, 0.05) is 28.9 Å². The number of rotatable bonds is 14. The third-order valence-electron chi connectivity index (χ3n) is 10.1. The summed E-state index contributed by atoms with van der Waals surface area (Å²) in [6, 6.07) is 10.9. The highest BCUT2D eigenvalue weighted by atomic mass is 35.5. The first kappa shape index (κ1) is 36.6. The van der Waals surface area contributed by atoms with E-state index in [1.807, 2.05) is 19.9 Å². The van der Waals surface area contributed by atoms with Gasteiger partial charge in [-0.1, -0.05) is 81.8 Å². The van der Waals surface area contributed by atoms with Crippen LogP contribution in [-0.2, 0) is 24.5 Å². The van der Waals surface area contributed by atoms with Crippen molar-refractivity contribution in [3.63, 3.8) is 0 Å². The summed E-state index contributed by atoms with van der Waals surface area (Å²) >= 11 is 6.31. The first-order valence-corrected chi connectivity index (χ1v) is 17.8. The lowest BCUT2D eigenvalue weighted by Crippen LogP contribution is -2.57. The standard InChI is InChI=1S/C37H48ClFN4O6/c1-37(2,25-11-7-12-26(38)21-25)32(23-10-6-13-27(39)19-23)49-36(48)43-30(18-22-8-4-3-5-9-22)34(46)42-29(20-24-16-17-40-33(24)45)31(44)35(47)41-28-14-15-28/h6-7,10-13,19,21-22,24,28-32,44H,3-5,8-9,14-18,20H2,1-2H3,(H,40,45)(H,41,47)(H,42,46)(H,43,48)/t24-,29-,30-,31?,32-/m0/s1. The number of carbonyl (C=O) groups excluding carboxylic acids is 4. The molecule has 3 aliphatic rings. The zero-order valence-corrected chi connectivity index (χ0v) is 28.9. The lowest BCUT2D eigenvalue weighted by atomic mass is 9.76. The monoisotopic (exact) mass is 698 g/mol. The number of carbonyl (C=O) groups is 4. The molecule has 266 valence electrons. The van der Waals surface area contributed by atoms with Crippen molar-refractivity contribution in [2.75, 3.05) is 6.54 Å². The van der Waals surface area contributed by atoms with E-state index in [1.54, 1.807) is 30.3 Å². The second-order valence-electron chi connectivity index (χ2n) is 14.4. The highest BCUT2D eigenvalue weighted by Gasteiger charge is 2.40. The highest BCUT2D eigenvalue weighted by molar-refractivity contribution is 6.30. The molecule has 2 saturated carbocycles. The fourth-order valence-electron chi connectivity index (χ4n) is 7.04. The molecule has 4 amide bonds. The maximum absolute atomic E-state index is 14.5. The van der Waals surface area contributed by atoms with Crippen LogP contribution < -0.4 is 21.3 Å². The van der Waals surface area contributed by atoms with E-state index in [-0.39, 0.29) is 24.3 Å². The Labute approximate surface area is 292 Å². The first-order valence-electron chi connectivity index (χ1n) is 17.5. The predicted molar refractivity (Wildman–Crippen MR) is 183 cm³/mol. The summed E-state index contributed by atoms with van der Waals surface area (Å²) < 4.78 is 20.6. The van der Waals surface area contributed by atoms with E-state index < -0.39 is 59.3 Å². The third-order valence-corrected chi connectivity index (χ3v) is 10.3. The van der Waals surface area contributed by atoms with Crippen LogP contribution >= 0.6 is 11.6 Å². The molecule has 2 aromatic carbocycles. The molecule has 0 bridgehead atoms. The molecule has 0 spiro atoms. The summed E-state index contributed by atoms with van der Waals surface area (Å²) in [5, 5.41) is 22.7. The van der Waals surface area contributed by atoms with Crippen molar-refractivity contribution in [1.82, 2.24) is 21.3 Å². The van der Waals surface area contributed by atoms with Crippen molar-refractivity contribution < 1.29 is 33.4 Å². The van der Waals surface area contributed by atoms with Gasteiger partial charge in [-0.05, 0) is 73.4 Å². The van der Waals surface area contributed by atoms with Gasteiger partial charge in [-0.3, -0.25) is 14.4 Å². The Morgan fingerprint density at radius 1 is 0.980 bits per heavy atom. The van der Waals surface area contributed by atoms with E-state index in [9.17, 15) is 28.7 Å². The molecule has 1 unspecified atom stereocenters. The maximum atomic E-state index is 14.5. The molecule has 1 aliphatic heterocycles. The van der Waals surface area contributed by atoms with Crippen LogP contribution in [0.2, 0.25) is 5.02 Å². The van der Waals surface area contributed by atoms with E-state index in [0.29, 0.717) is 30.0 Å². The quantitative estimate of drug-likeness (QED) is 0.183. The van der Waals surface area contributed by atoms with Crippen LogP contribution in [-0.4, -0.2) is 59.7 Å². The first-order chi connectivity index (χ1) is 23.4. The lowest BCUT2D eigenvalue weighted by molar-refractivity contribution is -0.134. The lowest BCUT2D eigenvalue weighted by Gasteiger charge is -2.35. The minimum Gasteiger partial charge on any atom is -0.440 e. The second kappa shape index (κ2) is 16.3. The normalized spacial score (nSPS) is 20.8. The number of hydrogen-bond donors (Lipinski definition) is 5. The number of hydrogen-bond acceptors (Lipinski definition) is 6. The van der Waals surface area contributed by atoms with Gasteiger partial charge in [-0.2, -0.15) is 0 Å². The topological polar surface area (TPSA) is 146 Å². The van der Waals surface area contributed by atoms with E-state index in [1.165, 1.54) is 12.1 Å².